The molecule has 0 unspecified atom stereocenters. The molecule has 166 valence electrons. The quantitative estimate of drug-likeness (QED) is 0.440. The van der Waals surface area contributed by atoms with Crippen molar-refractivity contribution in [2.24, 2.45) is 0 Å². The van der Waals surface area contributed by atoms with Gasteiger partial charge in [0.2, 0.25) is 5.95 Å². The minimum Gasteiger partial charge on any atom is -0.324 e. The Balaban J connectivity index is 1.45. The van der Waals surface area contributed by atoms with E-state index in [9.17, 15) is 4.79 Å². The van der Waals surface area contributed by atoms with Gasteiger partial charge in [0.05, 0.1) is 21.1 Å². The van der Waals surface area contributed by atoms with Crippen LogP contribution < -0.4 is 16.2 Å². The van der Waals surface area contributed by atoms with Crippen molar-refractivity contribution in [3.05, 3.63) is 79.8 Å². The molecule has 4 aromatic rings. The van der Waals surface area contributed by atoms with Gasteiger partial charge in [-0.05, 0) is 61.2 Å². The number of rotatable bonds is 4. The second-order valence-electron chi connectivity index (χ2n) is 8.44. The molecule has 7 nitrogen and oxygen atoms in total. The fraction of sp³-hybridized carbons (Fsp3) is 0.250. The van der Waals surface area contributed by atoms with Crippen molar-refractivity contribution >= 4 is 45.7 Å². The molecule has 2 aromatic heterocycles. The Morgan fingerprint density at radius 1 is 1.09 bits per heavy atom. The van der Waals surface area contributed by atoms with Crippen LogP contribution in [0, 0.1) is 0 Å². The number of anilines is 2. The lowest BCUT2D eigenvalue weighted by molar-refractivity contribution is 0.644. The molecule has 6 rings (SSSR count). The summed E-state index contributed by atoms with van der Waals surface area (Å²) in [6.45, 7) is 1.85. The third-order valence-electron chi connectivity index (χ3n) is 6.12. The summed E-state index contributed by atoms with van der Waals surface area (Å²) in [6, 6.07) is 11.4. The number of hydrogen-bond donors (Lipinski definition) is 2. The van der Waals surface area contributed by atoms with E-state index in [1.807, 2.05) is 6.07 Å². The van der Waals surface area contributed by atoms with Crippen molar-refractivity contribution in [3.63, 3.8) is 0 Å². The van der Waals surface area contributed by atoms with Gasteiger partial charge >= 0.3 is 0 Å². The van der Waals surface area contributed by atoms with E-state index in [1.165, 1.54) is 15.8 Å². The highest BCUT2D eigenvalue weighted by Gasteiger charge is 2.30. The Morgan fingerprint density at radius 3 is 2.70 bits per heavy atom. The summed E-state index contributed by atoms with van der Waals surface area (Å²) in [5, 5.41) is 12.5. The number of fused-ring (bicyclic) bond motifs is 2. The van der Waals surface area contributed by atoms with Gasteiger partial charge in [-0.2, -0.15) is 9.78 Å². The molecule has 33 heavy (non-hydrogen) atoms. The van der Waals surface area contributed by atoms with Crippen molar-refractivity contribution < 1.29 is 0 Å². The molecule has 0 atom stereocenters. The van der Waals surface area contributed by atoms with Gasteiger partial charge in [-0.15, -0.1) is 0 Å². The third kappa shape index (κ3) is 3.76. The summed E-state index contributed by atoms with van der Waals surface area (Å²) in [4.78, 5) is 22.5. The average molecular weight is 479 g/mol. The smallest absolute Gasteiger partial charge is 0.282 e. The van der Waals surface area contributed by atoms with Crippen molar-refractivity contribution in [1.29, 1.82) is 0 Å². The van der Waals surface area contributed by atoms with E-state index >= 15 is 0 Å². The van der Waals surface area contributed by atoms with Crippen molar-refractivity contribution in [3.8, 4) is 5.69 Å². The molecule has 2 aliphatic rings. The van der Waals surface area contributed by atoms with Gasteiger partial charge in [0.1, 0.15) is 11.2 Å². The summed E-state index contributed by atoms with van der Waals surface area (Å²) in [5.74, 6) is 0.682. The molecule has 2 aromatic carbocycles. The summed E-state index contributed by atoms with van der Waals surface area (Å²) >= 11 is 12.7. The maximum atomic E-state index is 13.3. The highest BCUT2D eigenvalue weighted by Crippen LogP contribution is 2.41. The van der Waals surface area contributed by atoms with Crippen LogP contribution in [0.4, 0.5) is 11.6 Å². The molecule has 0 saturated heterocycles. The van der Waals surface area contributed by atoms with Crippen LogP contribution in [-0.4, -0.2) is 26.3 Å². The van der Waals surface area contributed by atoms with E-state index < -0.39 is 0 Å². The van der Waals surface area contributed by atoms with Crippen LogP contribution in [0.25, 0.3) is 16.6 Å². The monoisotopic (exact) mass is 478 g/mol. The summed E-state index contributed by atoms with van der Waals surface area (Å²) in [7, 11) is 0. The van der Waals surface area contributed by atoms with Crippen LogP contribution in [0.15, 0.2) is 47.4 Å². The molecule has 0 spiro atoms. The average Bonchev–Trinajstić information content (AvgIpc) is 3.66. The lowest BCUT2D eigenvalue weighted by atomic mass is 10.0. The van der Waals surface area contributed by atoms with Crippen LogP contribution >= 0.6 is 23.2 Å². The SMILES string of the molecule is O=c1c2cnc(Nc3ccc4c(c3)CNCC4)nc2c(C2CC2)nn1-c1c(Cl)cccc1Cl. The van der Waals surface area contributed by atoms with Crippen molar-refractivity contribution in [1.82, 2.24) is 25.1 Å². The Hall–Kier alpha value is -3.00. The molecule has 2 N–H and O–H groups in total. The minimum atomic E-state index is -0.351. The first-order valence-corrected chi connectivity index (χ1v) is 11.7. The Labute approximate surface area is 199 Å². The number of benzene rings is 2. The van der Waals surface area contributed by atoms with E-state index in [2.05, 4.69) is 32.8 Å². The predicted molar refractivity (Wildman–Crippen MR) is 130 cm³/mol. The molecular weight excluding hydrogens is 459 g/mol. The first-order chi connectivity index (χ1) is 16.1. The van der Waals surface area contributed by atoms with Crippen LogP contribution in [0.1, 0.15) is 35.6 Å². The highest BCUT2D eigenvalue weighted by molar-refractivity contribution is 6.37. The lowest BCUT2D eigenvalue weighted by Gasteiger charge is -2.18. The number of nitrogens with one attached hydrogen (secondary N) is 2. The predicted octanol–water partition coefficient (Wildman–Crippen LogP) is 4.75. The van der Waals surface area contributed by atoms with Crippen LogP contribution in [0.5, 0.6) is 0 Å². The highest BCUT2D eigenvalue weighted by atomic mass is 35.5. The Kier molecular flexibility index (Phi) is 5.05. The third-order valence-corrected chi connectivity index (χ3v) is 6.73. The van der Waals surface area contributed by atoms with Gasteiger partial charge in [-0.1, -0.05) is 35.3 Å². The van der Waals surface area contributed by atoms with Crippen molar-refractivity contribution in [2.75, 3.05) is 11.9 Å². The van der Waals surface area contributed by atoms with E-state index in [4.69, 9.17) is 28.2 Å². The van der Waals surface area contributed by atoms with Gasteiger partial charge < -0.3 is 10.6 Å². The molecule has 0 radical (unpaired) electrons. The second kappa shape index (κ2) is 8.09. The number of aromatic nitrogens is 4. The molecule has 9 heteroatoms. The summed E-state index contributed by atoms with van der Waals surface area (Å²) in [6.07, 6.45) is 4.59. The van der Waals surface area contributed by atoms with Gasteiger partial charge in [-0.25, -0.2) is 9.97 Å². The zero-order chi connectivity index (χ0) is 22.5. The maximum absolute atomic E-state index is 13.3. The number of para-hydroxylation sites is 1. The van der Waals surface area contributed by atoms with Gasteiger partial charge in [0.15, 0.2) is 0 Å². The Morgan fingerprint density at radius 2 is 1.91 bits per heavy atom. The zero-order valence-electron chi connectivity index (χ0n) is 17.6. The van der Waals surface area contributed by atoms with Crippen LogP contribution in [0.2, 0.25) is 10.0 Å². The molecule has 1 aliphatic carbocycles. The summed E-state index contributed by atoms with van der Waals surface area (Å²) < 4.78 is 1.29. The van der Waals surface area contributed by atoms with Crippen molar-refractivity contribution in [2.45, 2.75) is 31.7 Å². The standard InChI is InChI=1S/C24H20Cl2N6O/c25-18-2-1-3-19(26)22(18)32-23(33)17-12-28-24(30-21(17)20(31-32)14-4-5-14)29-16-7-6-13-8-9-27-11-15(13)10-16/h1-3,6-7,10,12,14,27H,4-5,8-9,11H2,(H,28,29,30). The first-order valence-electron chi connectivity index (χ1n) is 10.9. The molecule has 3 heterocycles. The number of nitrogens with zero attached hydrogens (tertiary/aromatic N) is 4. The number of hydrogen-bond acceptors (Lipinski definition) is 6. The van der Waals surface area contributed by atoms with Gasteiger partial charge in [0.25, 0.3) is 5.56 Å². The molecule has 1 saturated carbocycles. The topological polar surface area (TPSA) is 84.7 Å². The fourth-order valence-electron chi connectivity index (χ4n) is 4.27. The molecule has 1 aliphatic heterocycles. The van der Waals surface area contributed by atoms with Crippen LogP contribution in [-0.2, 0) is 13.0 Å². The first kappa shape index (κ1) is 20.6. The van der Waals surface area contributed by atoms with Crippen LogP contribution in [0.3, 0.4) is 0 Å². The molecule has 0 bridgehead atoms. The largest absolute Gasteiger partial charge is 0.324 e. The normalized spacial score (nSPS) is 15.5. The van der Waals surface area contributed by atoms with E-state index in [1.54, 1.807) is 24.4 Å². The molecule has 1 fully saturated rings. The summed E-state index contributed by atoms with van der Waals surface area (Å²) in [5.41, 5.74) is 4.90. The van der Waals surface area contributed by atoms with E-state index in [0.29, 0.717) is 32.6 Å². The zero-order valence-corrected chi connectivity index (χ0v) is 19.1. The fourth-order valence-corrected chi connectivity index (χ4v) is 4.83. The second-order valence-corrected chi connectivity index (χ2v) is 9.25. The number of halogens is 2. The maximum Gasteiger partial charge on any atom is 0.282 e. The van der Waals surface area contributed by atoms with E-state index in [0.717, 1.165) is 43.7 Å². The molecule has 0 amide bonds. The van der Waals surface area contributed by atoms with Gasteiger partial charge in [0, 0.05) is 24.3 Å². The van der Waals surface area contributed by atoms with Gasteiger partial charge in [-0.3, -0.25) is 4.79 Å². The van der Waals surface area contributed by atoms with E-state index in [-0.39, 0.29) is 11.5 Å². The lowest BCUT2D eigenvalue weighted by Crippen LogP contribution is -2.24. The Bertz CT molecular complexity index is 1440. The minimum absolute atomic E-state index is 0.248. The molecular formula is C24H20Cl2N6O.